The molecule has 4 saturated carbocycles. The molecular formula is C22H23BrN2O3S. The standard InChI is InChI=1S/C22H23BrN2O3S/c23-17-3-1-13(2-4-17)8-18-20(27)25(21(28)29-18)12-19(26)24-22-9-14-5-15(10-22)7-16(6-14)11-22/h1-4,8,14-16H,5-7,9-12H2,(H,24,26). The van der Waals surface area contributed by atoms with E-state index in [9.17, 15) is 14.4 Å². The van der Waals surface area contributed by atoms with Crippen molar-refractivity contribution in [2.24, 2.45) is 17.8 Å². The molecule has 6 rings (SSSR count). The van der Waals surface area contributed by atoms with Crippen LogP contribution in [0.15, 0.2) is 33.6 Å². The average molecular weight is 475 g/mol. The van der Waals surface area contributed by atoms with Crippen molar-refractivity contribution in [1.29, 1.82) is 0 Å². The Labute approximate surface area is 182 Å². The van der Waals surface area contributed by atoms with Crippen LogP contribution in [0.1, 0.15) is 44.1 Å². The lowest BCUT2D eigenvalue weighted by molar-refractivity contribution is -0.132. The third-order valence-corrected chi connectivity index (χ3v) is 8.22. The van der Waals surface area contributed by atoms with Crippen molar-refractivity contribution >= 4 is 50.8 Å². The van der Waals surface area contributed by atoms with Crippen molar-refractivity contribution in [2.45, 2.75) is 44.1 Å². The second-order valence-corrected chi connectivity index (χ2v) is 11.0. The minimum absolute atomic E-state index is 0.110. The van der Waals surface area contributed by atoms with E-state index >= 15 is 0 Å². The van der Waals surface area contributed by atoms with E-state index in [1.807, 2.05) is 24.3 Å². The summed E-state index contributed by atoms with van der Waals surface area (Å²) < 4.78 is 0.948. The summed E-state index contributed by atoms with van der Waals surface area (Å²) in [4.78, 5) is 39.3. The van der Waals surface area contributed by atoms with Gasteiger partial charge < -0.3 is 5.32 Å². The van der Waals surface area contributed by atoms with Crippen LogP contribution in [0.5, 0.6) is 0 Å². The van der Waals surface area contributed by atoms with Gasteiger partial charge in [-0.2, -0.15) is 0 Å². The van der Waals surface area contributed by atoms with Crippen molar-refractivity contribution in [3.63, 3.8) is 0 Å². The van der Waals surface area contributed by atoms with E-state index in [0.29, 0.717) is 4.91 Å². The predicted octanol–water partition coefficient (Wildman–Crippen LogP) is 4.57. The topological polar surface area (TPSA) is 66.5 Å². The molecule has 0 aromatic heterocycles. The Morgan fingerprint density at radius 2 is 1.69 bits per heavy atom. The van der Waals surface area contributed by atoms with E-state index in [1.54, 1.807) is 6.08 Å². The molecule has 7 heteroatoms. The molecule has 4 aliphatic carbocycles. The number of benzene rings is 1. The molecule has 0 unspecified atom stereocenters. The summed E-state index contributed by atoms with van der Waals surface area (Å²) in [6.07, 6.45) is 8.77. The van der Waals surface area contributed by atoms with Crippen molar-refractivity contribution in [2.75, 3.05) is 6.54 Å². The number of halogens is 1. The van der Waals surface area contributed by atoms with Gasteiger partial charge in [-0.1, -0.05) is 28.1 Å². The van der Waals surface area contributed by atoms with Crippen molar-refractivity contribution in [3.05, 3.63) is 39.2 Å². The molecule has 1 N–H and O–H groups in total. The van der Waals surface area contributed by atoms with Crippen LogP contribution in [0.25, 0.3) is 6.08 Å². The molecule has 1 aliphatic heterocycles. The quantitative estimate of drug-likeness (QED) is 0.648. The van der Waals surface area contributed by atoms with Crippen LogP contribution in [0.3, 0.4) is 0 Å². The van der Waals surface area contributed by atoms with E-state index in [0.717, 1.165) is 63.7 Å². The summed E-state index contributed by atoms with van der Waals surface area (Å²) in [6, 6.07) is 7.51. The zero-order chi connectivity index (χ0) is 20.2. The fraction of sp³-hybridized carbons (Fsp3) is 0.500. The molecule has 152 valence electrons. The number of imide groups is 1. The first-order valence-electron chi connectivity index (χ1n) is 10.2. The second kappa shape index (κ2) is 7.27. The zero-order valence-corrected chi connectivity index (χ0v) is 18.4. The Balaban J connectivity index is 1.26. The number of nitrogens with zero attached hydrogens (tertiary/aromatic N) is 1. The fourth-order valence-corrected chi connectivity index (χ4v) is 7.19. The summed E-state index contributed by atoms with van der Waals surface area (Å²) in [6.45, 7) is -0.190. The van der Waals surface area contributed by atoms with E-state index in [2.05, 4.69) is 21.2 Å². The average Bonchev–Trinajstić information content (AvgIpc) is 2.89. The van der Waals surface area contributed by atoms with Gasteiger partial charge in [0.15, 0.2) is 0 Å². The summed E-state index contributed by atoms with van der Waals surface area (Å²) in [5.41, 5.74) is 0.734. The number of carbonyl (C=O) groups excluding carboxylic acids is 3. The third-order valence-electron chi connectivity index (χ3n) is 6.79. The monoisotopic (exact) mass is 474 g/mol. The molecule has 3 amide bonds. The van der Waals surface area contributed by atoms with Gasteiger partial charge in [0.1, 0.15) is 6.54 Å². The first-order valence-corrected chi connectivity index (χ1v) is 11.8. The van der Waals surface area contributed by atoms with Gasteiger partial charge in [0, 0.05) is 10.0 Å². The van der Waals surface area contributed by atoms with Crippen LogP contribution in [0.4, 0.5) is 4.79 Å². The van der Waals surface area contributed by atoms with Gasteiger partial charge in [0.25, 0.3) is 11.1 Å². The fourth-order valence-electron chi connectivity index (χ4n) is 6.09. The molecule has 0 radical (unpaired) electrons. The summed E-state index contributed by atoms with van der Waals surface area (Å²) in [5.74, 6) is 1.59. The van der Waals surface area contributed by atoms with E-state index in [4.69, 9.17) is 0 Å². The Hall–Kier alpha value is -1.60. The van der Waals surface area contributed by atoms with E-state index < -0.39 is 0 Å². The molecule has 5 aliphatic rings. The first kappa shape index (κ1) is 19.4. The molecule has 5 nitrogen and oxygen atoms in total. The van der Waals surface area contributed by atoms with Crippen LogP contribution >= 0.6 is 27.7 Å². The number of hydrogen-bond donors (Lipinski definition) is 1. The highest BCUT2D eigenvalue weighted by Crippen LogP contribution is 2.55. The number of carbonyl (C=O) groups is 3. The third kappa shape index (κ3) is 3.79. The van der Waals surface area contributed by atoms with E-state index in [1.165, 1.54) is 19.3 Å². The van der Waals surface area contributed by atoms with Crippen LogP contribution in [-0.4, -0.2) is 34.0 Å². The molecule has 29 heavy (non-hydrogen) atoms. The largest absolute Gasteiger partial charge is 0.349 e. The number of nitrogens with one attached hydrogen (secondary N) is 1. The summed E-state index contributed by atoms with van der Waals surface area (Å²) in [5, 5.41) is 2.87. The summed E-state index contributed by atoms with van der Waals surface area (Å²) in [7, 11) is 0. The molecular weight excluding hydrogens is 452 g/mol. The van der Waals surface area contributed by atoms with Gasteiger partial charge in [0.2, 0.25) is 5.91 Å². The smallest absolute Gasteiger partial charge is 0.294 e. The maximum atomic E-state index is 12.8. The lowest BCUT2D eigenvalue weighted by atomic mass is 9.53. The van der Waals surface area contributed by atoms with Gasteiger partial charge in [-0.25, -0.2) is 0 Å². The zero-order valence-electron chi connectivity index (χ0n) is 16.0. The maximum absolute atomic E-state index is 12.8. The highest BCUT2D eigenvalue weighted by Gasteiger charge is 2.51. The number of hydrogen-bond acceptors (Lipinski definition) is 4. The first-order chi connectivity index (χ1) is 13.9. The predicted molar refractivity (Wildman–Crippen MR) is 116 cm³/mol. The van der Waals surface area contributed by atoms with Crippen molar-refractivity contribution in [3.8, 4) is 0 Å². The minimum atomic E-state index is -0.386. The van der Waals surface area contributed by atoms with Crippen LogP contribution in [-0.2, 0) is 9.59 Å². The minimum Gasteiger partial charge on any atom is -0.349 e. The second-order valence-electron chi connectivity index (χ2n) is 9.07. The van der Waals surface area contributed by atoms with Gasteiger partial charge in [-0.3, -0.25) is 19.3 Å². The van der Waals surface area contributed by atoms with Gasteiger partial charge in [-0.05, 0) is 91.8 Å². The Morgan fingerprint density at radius 1 is 1.10 bits per heavy atom. The molecule has 0 spiro atoms. The summed E-state index contributed by atoms with van der Waals surface area (Å²) >= 11 is 4.28. The maximum Gasteiger partial charge on any atom is 0.294 e. The lowest BCUT2D eigenvalue weighted by Gasteiger charge is -2.56. The highest BCUT2D eigenvalue weighted by molar-refractivity contribution is 9.10. The van der Waals surface area contributed by atoms with Crippen molar-refractivity contribution < 1.29 is 14.4 Å². The van der Waals surface area contributed by atoms with Crippen molar-refractivity contribution in [1.82, 2.24) is 10.2 Å². The van der Waals surface area contributed by atoms with Gasteiger partial charge >= 0.3 is 0 Å². The molecule has 1 saturated heterocycles. The Bertz CT molecular complexity index is 876. The number of rotatable bonds is 4. The van der Waals surface area contributed by atoms with Crippen LogP contribution < -0.4 is 5.32 Å². The molecule has 1 heterocycles. The molecule has 0 atom stereocenters. The van der Waals surface area contributed by atoms with Crippen LogP contribution in [0.2, 0.25) is 0 Å². The number of amides is 3. The van der Waals surface area contributed by atoms with E-state index in [-0.39, 0.29) is 29.1 Å². The van der Waals surface area contributed by atoms with Gasteiger partial charge in [0.05, 0.1) is 4.91 Å². The Kier molecular flexibility index (Phi) is 4.86. The molecule has 4 bridgehead atoms. The van der Waals surface area contributed by atoms with Crippen LogP contribution in [0, 0.1) is 17.8 Å². The number of thioether (sulfide) groups is 1. The molecule has 5 fully saturated rings. The Morgan fingerprint density at radius 3 is 2.28 bits per heavy atom. The lowest BCUT2D eigenvalue weighted by Crippen LogP contribution is -2.61. The normalized spacial score (nSPS) is 34.3. The SMILES string of the molecule is O=C(CN1C(=O)SC(=Cc2ccc(Br)cc2)C1=O)NC12CC3CC(CC(C3)C1)C2. The molecule has 1 aromatic rings. The highest BCUT2D eigenvalue weighted by atomic mass is 79.9. The van der Waals surface area contributed by atoms with Gasteiger partial charge in [-0.15, -0.1) is 0 Å². The molecule has 1 aromatic carbocycles.